The lowest BCUT2D eigenvalue weighted by atomic mass is 10.1. The van der Waals surface area contributed by atoms with Gasteiger partial charge in [-0.05, 0) is 17.5 Å². The van der Waals surface area contributed by atoms with Crippen LogP contribution >= 0.6 is 11.3 Å². The topological polar surface area (TPSA) is 37.9 Å². The second kappa shape index (κ2) is 4.52. The van der Waals surface area contributed by atoms with Crippen molar-refractivity contribution in [2.24, 2.45) is 0 Å². The number of thiophene rings is 1. The lowest BCUT2D eigenvalue weighted by molar-refractivity contribution is -0.133. The molecule has 0 unspecified atom stereocenters. The summed E-state index contributed by atoms with van der Waals surface area (Å²) in [7, 11) is 1.46. The largest absolute Gasteiger partial charge is 0.481 e. The van der Waals surface area contributed by atoms with Crippen molar-refractivity contribution in [3.05, 3.63) is 34.7 Å². The van der Waals surface area contributed by atoms with E-state index in [0.717, 1.165) is 0 Å². The highest BCUT2D eigenvalue weighted by Gasteiger charge is 2.35. The van der Waals surface area contributed by atoms with Crippen LogP contribution in [0.2, 0.25) is 0 Å². The highest BCUT2D eigenvalue weighted by molar-refractivity contribution is 7.10. The molecule has 3 aromatic rings. The summed E-state index contributed by atoms with van der Waals surface area (Å²) >= 11 is 0.675. The van der Waals surface area contributed by atoms with Crippen LogP contribution in [-0.4, -0.2) is 17.1 Å². The van der Waals surface area contributed by atoms with Crippen LogP contribution in [0.15, 0.2) is 29.8 Å². The fraction of sp³-hybridized carbons (Fsp3) is 0.154. The molecule has 0 spiro atoms. The van der Waals surface area contributed by atoms with Crippen LogP contribution in [0, 0.1) is 0 Å². The van der Waals surface area contributed by atoms with Gasteiger partial charge in [0, 0.05) is 23.4 Å². The fourth-order valence-electron chi connectivity index (χ4n) is 2.04. The Morgan fingerprint density at radius 3 is 2.70 bits per heavy atom. The summed E-state index contributed by atoms with van der Waals surface area (Å²) in [5.41, 5.74) is 1.69. The number of methoxy groups -OCH3 is 1. The lowest BCUT2D eigenvalue weighted by Gasteiger charge is -2.06. The number of hydrogen-bond donors (Lipinski definition) is 1. The summed E-state index contributed by atoms with van der Waals surface area (Å²) in [5, 5.41) is 1.43. The number of nitrogens with zero attached hydrogens (tertiary/aromatic N) is 1. The molecule has 0 saturated heterocycles. The summed E-state index contributed by atoms with van der Waals surface area (Å²) in [6.45, 7) is 0. The number of rotatable bonds is 2. The normalized spacial score (nSPS) is 12.0. The van der Waals surface area contributed by atoms with Crippen LogP contribution in [0.4, 0.5) is 13.2 Å². The second-order valence-corrected chi connectivity index (χ2v) is 5.03. The molecule has 0 fully saturated rings. The molecule has 3 nitrogen and oxygen atoms in total. The van der Waals surface area contributed by atoms with E-state index in [-0.39, 0.29) is 5.56 Å². The summed E-state index contributed by atoms with van der Waals surface area (Å²) in [5.74, 6) is 0.363. The minimum absolute atomic E-state index is 0.134. The first-order valence-corrected chi connectivity index (χ1v) is 6.56. The molecule has 3 heterocycles. The SMILES string of the molecule is COc1ccc2[nH]cc(-c3ccsc3C(F)(F)F)c2n1. The number of ether oxygens (including phenoxy) is 1. The maximum absolute atomic E-state index is 13.0. The molecule has 1 N–H and O–H groups in total. The highest BCUT2D eigenvalue weighted by Crippen LogP contribution is 2.42. The van der Waals surface area contributed by atoms with Gasteiger partial charge < -0.3 is 9.72 Å². The van der Waals surface area contributed by atoms with E-state index in [2.05, 4.69) is 9.97 Å². The Labute approximate surface area is 116 Å². The Bertz CT molecular complexity index is 760. The number of alkyl halides is 3. The molecule has 0 amide bonds. The third-order valence-corrected chi connectivity index (χ3v) is 3.88. The number of fused-ring (bicyclic) bond motifs is 1. The number of aromatic nitrogens is 2. The van der Waals surface area contributed by atoms with Gasteiger partial charge in [0.2, 0.25) is 5.88 Å². The molecule has 0 bridgehead atoms. The molecule has 3 aromatic heterocycles. The van der Waals surface area contributed by atoms with Crippen molar-refractivity contribution in [2.75, 3.05) is 7.11 Å². The van der Waals surface area contributed by atoms with Crippen molar-refractivity contribution in [3.63, 3.8) is 0 Å². The van der Waals surface area contributed by atoms with E-state index >= 15 is 0 Å². The highest BCUT2D eigenvalue weighted by atomic mass is 32.1. The first-order valence-electron chi connectivity index (χ1n) is 5.68. The van der Waals surface area contributed by atoms with Crippen molar-refractivity contribution in [1.82, 2.24) is 9.97 Å². The molecule has 0 saturated carbocycles. The van der Waals surface area contributed by atoms with Gasteiger partial charge in [-0.15, -0.1) is 11.3 Å². The molecule has 0 aliphatic rings. The Kier molecular flexibility index (Phi) is 2.93. The minimum atomic E-state index is -4.37. The number of H-pyrrole nitrogens is 1. The fourth-order valence-corrected chi connectivity index (χ4v) is 2.82. The van der Waals surface area contributed by atoms with Crippen LogP contribution in [0.5, 0.6) is 5.88 Å². The third kappa shape index (κ3) is 2.03. The van der Waals surface area contributed by atoms with Crippen molar-refractivity contribution in [2.45, 2.75) is 6.18 Å². The molecule has 7 heteroatoms. The summed E-state index contributed by atoms with van der Waals surface area (Å²) < 4.78 is 43.9. The number of aromatic amines is 1. The van der Waals surface area contributed by atoms with Crippen molar-refractivity contribution < 1.29 is 17.9 Å². The number of nitrogens with one attached hydrogen (secondary N) is 1. The second-order valence-electron chi connectivity index (χ2n) is 4.11. The van der Waals surface area contributed by atoms with Gasteiger partial charge in [0.1, 0.15) is 4.88 Å². The van der Waals surface area contributed by atoms with Gasteiger partial charge >= 0.3 is 6.18 Å². The van der Waals surface area contributed by atoms with Gasteiger partial charge in [0.25, 0.3) is 0 Å². The molecule has 20 heavy (non-hydrogen) atoms. The van der Waals surface area contributed by atoms with Crippen molar-refractivity contribution >= 4 is 22.4 Å². The Morgan fingerprint density at radius 2 is 2.00 bits per heavy atom. The monoisotopic (exact) mass is 298 g/mol. The van der Waals surface area contributed by atoms with Crippen molar-refractivity contribution in [1.29, 1.82) is 0 Å². The van der Waals surface area contributed by atoms with Crippen LogP contribution < -0.4 is 4.74 Å². The van der Waals surface area contributed by atoms with Gasteiger partial charge in [-0.3, -0.25) is 0 Å². The van der Waals surface area contributed by atoms with Gasteiger partial charge in [-0.25, -0.2) is 4.98 Å². The van der Waals surface area contributed by atoms with Gasteiger partial charge in [-0.2, -0.15) is 13.2 Å². The maximum Gasteiger partial charge on any atom is 0.426 e. The minimum Gasteiger partial charge on any atom is -0.481 e. The molecule has 0 aliphatic heterocycles. The van der Waals surface area contributed by atoms with E-state index < -0.39 is 11.1 Å². The van der Waals surface area contributed by atoms with Gasteiger partial charge in [0.05, 0.1) is 18.1 Å². The predicted octanol–water partition coefficient (Wildman–Crippen LogP) is 4.32. The average molecular weight is 298 g/mol. The molecule has 0 radical (unpaired) electrons. The average Bonchev–Trinajstić information content (AvgIpc) is 3.02. The first kappa shape index (κ1) is 13.0. The zero-order valence-corrected chi connectivity index (χ0v) is 11.1. The van der Waals surface area contributed by atoms with E-state index in [4.69, 9.17) is 4.74 Å². The van der Waals surface area contributed by atoms with E-state index in [1.165, 1.54) is 24.8 Å². The molecular weight excluding hydrogens is 289 g/mol. The van der Waals surface area contributed by atoms with E-state index in [1.54, 1.807) is 12.1 Å². The van der Waals surface area contributed by atoms with Gasteiger partial charge in [-0.1, -0.05) is 0 Å². The first-order chi connectivity index (χ1) is 9.50. The van der Waals surface area contributed by atoms with Crippen LogP contribution in [0.1, 0.15) is 4.88 Å². The zero-order chi connectivity index (χ0) is 14.3. The molecule has 0 aromatic carbocycles. The molecule has 104 valence electrons. The Hall–Kier alpha value is -2.02. The van der Waals surface area contributed by atoms with E-state index in [9.17, 15) is 13.2 Å². The van der Waals surface area contributed by atoms with E-state index in [1.807, 2.05) is 0 Å². The van der Waals surface area contributed by atoms with Crippen molar-refractivity contribution in [3.8, 4) is 17.0 Å². The number of hydrogen-bond acceptors (Lipinski definition) is 3. The molecule has 3 rings (SSSR count). The smallest absolute Gasteiger partial charge is 0.426 e. The quantitative estimate of drug-likeness (QED) is 0.765. The number of halogens is 3. The summed E-state index contributed by atoms with van der Waals surface area (Å²) in [4.78, 5) is 6.52. The Morgan fingerprint density at radius 1 is 1.20 bits per heavy atom. The zero-order valence-electron chi connectivity index (χ0n) is 10.3. The predicted molar refractivity (Wildman–Crippen MR) is 71.0 cm³/mol. The molecule has 0 atom stereocenters. The van der Waals surface area contributed by atoms with Crippen LogP contribution in [-0.2, 0) is 6.18 Å². The molecule has 0 aliphatic carbocycles. The Balaban J connectivity index is 2.23. The summed E-state index contributed by atoms with van der Waals surface area (Å²) in [6.07, 6.45) is -2.83. The van der Waals surface area contributed by atoms with Gasteiger partial charge in [0.15, 0.2) is 0 Å². The van der Waals surface area contributed by atoms with Crippen LogP contribution in [0.3, 0.4) is 0 Å². The molecular formula is C13H9F3N2OS. The van der Waals surface area contributed by atoms with E-state index in [0.29, 0.717) is 33.8 Å². The summed E-state index contributed by atoms with van der Waals surface area (Å²) in [6, 6.07) is 4.84. The number of pyridine rings is 1. The maximum atomic E-state index is 13.0. The standard InChI is InChI=1S/C13H9F3N2OS/c1-19-10-3-2-9-11(18-10)8(6-17-9)7-4-5-20-12(7)13(14,15)16/h2-6,17H,1H3. The third-order valence-electron chi connectivity index (χ3n) is 2.92. The lowest BCUT2D eigenvalue weighted by Crippen LogP contribution is -2.03. The van der Waals surface area contributed by atoms with Crippen LogP contribution in [0.25, 0.3) is 22.2 Å².